The zero-order valence-electron chi connectivity index (χ0n) is 9.82. The van der Waals surface area contributed by atoms with Gasteiger partial charge in [0.1, 0.15) is 11.4 Å². The Morgan fingerprint density at radius 2 is 1.53 bits per heavy atom. The first-order valence-electron chi connectivity index (χ1n) is 5.34. The van der Waals surface area contributed by atoms with Crippen molar-refractivity contribution in [3.05, 3.63) is 24.5 Å². The molecule has 1 aromatic heterocycles. The topological polar surface area (TPSA) is 30.7 Å². The normalized spacial score (nSPS) is 11.4. The Bertz CT molecular complexity index is 333. The van der Waals surface area contributed by atoms with Crippen LogP contribution in [0.3, 0.4) is 0 Å². The van der Waals surface area contributed by atoms with Crippen LogP contribution >= 0.6 is 0 Å². The number of nitrogens with zero attached hydrogens (tertiary/aromatic N) is 3. The first kappa shape index (κ1) is 11.7. The molecule has 0 unspecified atom stereocenters. The molecule has 0 aliphatic heterocycles. The molecular weight excluding hydrogens is 186 g/mol. The van der Waals surface area contributed by atoms with Gasteiger partial charge in [-0.05, 0) is 31.9 Å². The predicted octanol–water partition coefficient (Wildman–Crippen LogP) is 3.10. The van der Waals surface area contributed by atoms with Crippen molar-refractivity contribution in [2.75, 3.05) is 0 Å². The van der Waals surface area contributed by atoms with Crippen molar-refractivity contribution in [1.82, 2.24) is 15.0 Å². The van der Waals surface area contributed by atoms with Crippen LogP contribution in [0.25, 0.3) is 12.2 Å². The van der Waals surface area contributed by atoms with Gasteiger partial charge in [-0.3, -0.25) is 0 Å². The van der Waals surface area contributed by atoms with Crippen molar-refractivity contribution < 1.29 is 0 Å². The van der Waals surface area contributed by atoms with Gasteiger partial charge >= 0.3 is 0 Å². The van der Waals surface area contributed by atoms with Gasteiger partial charge in [0.15, 0.2) is 0 Å². The fraction of sp³-hybridized carbons (Fsp3) is 0.500. The zero-order chi connectivity index (χ0) is 11.5. The molecule has 0 N–H and O–H groups in total. The number of aromatic nitrogens is 3. The largest absolute Gasteiger partial charge is 0.178 e. The summed E-state index contributed by atoms with van der Waals surface area (Å²) in [6.45, 7) is 13.9. The Balaban J connectivity index is 3.20. The Labute approximate surface area is 91.5 Å². The van der Waals surface area contributed by atoms with Crippen molar-refractivity contribution in [2.45, 2.75) is 39.2 Å². The summed E-state index contributed by atoms with van der Waals surface area (Å²) in [6.07, 6.45) is 5.44. The van der Waals surface area contributed by atoms with Crippen LogP contribution in [0.15, 0.2) is 13.2 Å². The number of hydrogen-bond acceptors (Lipinski definition) is 2. The summed E-state index contributed by atoms with van der Waals surface area (Å²) in [5.41, 5.74) is 1.59. The molecule has 0 atom stereocenters. The minimum Gasteiger partial charge on any atom is -0.178 e. The molecule has 82 valence electrons. The van der Waals surface area contributed by atoms with E-state index in [9.17, 15) is 0 Å². The SMILES string of the molecule is C=Cc1nn(C(C)(CC)CC)nc1C=C. The molecule has 0 aliphatic rings. The van der Waals surface area contributed by atoms with E-state index in [1.807, 2.05) is 0 Å². The van der Waals surface area contributed by atoms with Crippen LogP contribution in [-0.4, -0.2) is 15.0 Å². The Hall–Kier alpha value is -1.38. The van der Waals surface area contributed by atoms with Gasteiger partial charge in [-0.1, -0.05) is 27.0 Å². The minimum absolute atomic E-state index is 0.0149. The van der Waals surface area contributed by atoms with E-state index in [0.29, 0.717) is 0 Å². The standard InChI is InChI=1S/C12H19N3/c1-6-10-11(7-2)14-15(13-10)12(5,8-3)9-4/h6-7H,1-2,8-9H2,3-5H3. The molecular formula is C12H19N3. The van der Waals surface area contributed by atoms with Crippen LogP contribution < -0.4 is 0 Å². The van der Waals surface area contributed by atoms with E-state index in [4.69, 9.17) is 0 Å². The molecule has 1 heterocycles. The fourth-order valence-corrected chi connectivity index (χ4v) is 1.39. The van der Waals surface area contributed by atoms with E-state index in [2.05, 4.69) is 44.1 Å². The average molecular weight is 205 g/mol. The van der Waals surface area contributed by atoms with Crippen molar-refractivity contribution in [1.29, 1.82) is 0 Å². The van der Waals surface area contributed by atoms with E-state index in [1.165, 1.54) is 0 Å². The smallest absolute Gasteiger partial charge is 0.112 e. The molecule has 1 aromatic rings. The van der Waals surface area contributed by atoms with Crippen LogP contribution in [0.1, 0.15) is 45.0 Å². The first-order valence-corrected chi connectivity index (χ1v) is 5.34. The number of rotatable bonds is 5. The summed E-state index contributed by atoms with van der Waals surface area (Å²) in [7, 11) is 0. The first-order chi connectivity index (χ1) is 7.11. The highest BCUT2D eigenvalue weighted by Gasteiger charge is 2.25. The van der Waals surface area contributed by atoms with Crippen LogP contribution in [0.5, 0.6) is 0 Å². The van der Waals surface area contributed by atoms with Crippen LogP contribution in [0, 0.1) is 0 Å². The molecule has 0 aliphatic carbocycles. The molecule has 0 bridgehead atoms. The lowest BCUT2D eigenvalue weighted by Crippen LogP contribution is -2.30. The molecule has 3 nitrogen and oxygen atoms in total. The van der Waals surface area contributed by atoms with E-state index >= 15 is 0 Å². The zero-order valence-corrected chi connectivity index (χ0v) is 9.82. The highest BCUT2D eigenvalue weighted by Crippen LogP contribution is 2.23. The third kappa shape index (κ3) is 2.01. The summed E-state index contributed by atoms with van der Waals surface area (Å²) >= 11 is 0. The maximum atomic E-state index is 4.43. The molecule has 1 rings (SSSR count). The third-order valence-corrected chi connectivity index (χ3v) is 3.06. The maximum Gasteiger partial charge on any atom is 0.112 e. The highest BCUT2D eigenvalue weighted by atomic mass is 15.5. The second-order valence-corrected chi connectivity index (χ2v) is 3.87. The van der Waals surface area contributed by atoms with Gasteiger partial charge in [-0.15, -0.1) is 0 Å². The van der Waals surface area contributed by atoms with Gasteiger partial charge in [0, 0.05) is 0 Å². The Kier molecular flexibility index (Phi) is 3.45. The monoisotopic (exact) mass is 205 g/mol. The molecule has 0 saturated heterocycles. The summed E-state index contributed by atoms with van der Waals surface area (Å²) < 4.78 is 0. The van der Waals surface area contributed by atoms with Gasteiger partial charge < -0.3 is 0 Å². The van der Waals surface area contributed by atoms with Gasteiger partial charge in [0.2, 0.25) is 0 Å². The Morgan fingerprint density at radius 3 is 1.80 bits per heavy atom. The molecule has 3 heteroatoms. The van der Waals surface area contributed by atoms with E-state index < -0.39 is 0 Å². The summed E-state index contributed by atoms with van der Waals surface area (Å²) in [5.74, 6) is 0. The summed E-state index contributed by atoms with van der Waals surface area (Å²) in [4.78, 5) is 1.79. The van der Waals surface area contributed by atoms with Gasteiger partial charge in [-0.2, -0.15) is 15.0 Å². The molecule has 0 saturated carbocycles. The van der Waals surface area contributed by atoms with Gasteiger partial charge in [0.05, 0.1) is 5.54 Å². The summed E-state index contributed by atoms with van der Waals surface area (Å²) in [5, 5.41) is 8.86. The molecule has 0 fully saturated rings. The van der Waals surface area contributed by atoms with Crippen molar-refractivity contribution in [2.24, 2.45) is 0 Å². The molecule has 0 aromatic carbocycles. The van der Waals surface area contributed by atoms with Crippen LogP contribution in [0.2, 0.25) is 0 Å². The average Bonchev–Trinajstić information content (AvgIpc) is 2.71. The van der Waals surface area contributed by atoms with Crippen molar-refractivity contribution in [3.63, 3.8) is 0 Å². The third-order valence-electron chi connectivity index (χ3n) is 3.06. The molecule has 0 spiro atoms. The second-order valence-electron chi connectivity index (χ2n) is 3.87. The molecule has 0 radical (unpaired) electrons. The van der Waals surface area contributed by atoms with E-state index in [0.717, 1.165) is 24.2 Å². The molecule has 0 amide bonds. The lowest BCUT2D eigenvalue weighted by molar-refractivity contribution is 0.232. The highest BCUT2D eigenvalue weighted by molar-refractivity contribution is 5.56. The maximum absolute atomic E-state index is 4.43. The second kappa shape index (κ2) is 4.43. The van der Waals surface area contributed by atoms with Crippen LogP contribution in [-0.2, 0) is 5.54 Å². The van der Waals surface area contributed by atoms with E-state index in [-0.39, 0.29) is 5.54 Å². The van der Waals surface area contributed by atoms with Gasteiger partial charge in [-0.25, -0.2) is 0 Å². The molecule has 15 heavy (non-hydrogen) atoms. The lowest BCUT2D eigenvalue weighted by atomic mass is 9.97. The quantitative estimate of drug-likeness (QED) is 0.739. The predicted molar refractivity (Wildman–Crippen MR) is 64.4 cm³/mol. The van der Waals surface area contributed by atoms with Crippen LogP contribution in [0.4, 0.5) is 0 Å². The van der Waals surface area contributed by atoms with Crippen molar-refractivity contribution in [3.8, 4) is 0 Å². The Morgan fingerprint density at radius 1 is 1.13 bits per heavy atom. The minimum atomic E-state index is -0.0149. The fourth-order valence-electron chi connectivity index (χ4n) is 1.39. The lowest BCUT2D eigenvalue weighted by Gasteiger charge is -2.25. The van der Waals surface area contributed by atoms with Crippen molar-refractivity contribution >= 4 is 12.2 Å². The summed E-state index contributed by atoms with van der Waals surface area (Å²) in [6, 6.07) is 0. The van der Waals surface area contributed by atoms with E-state index in [1.54, 1.807) is 16.9 Å². The number of hydrogen-bond donors (Lipinski definition) is 0. The van der Waals surface area contributed by atoms with Gasteiger partial charge in [0.25, 0.3) is 0 Å².